The Balaban J connectivity index is 1.42. The Labute approximate surface area is 122 Å². The second kappa shape index (κ2) is 5.88. The number of hydrogen-bond donors (Lipinski definition) is 2. The first-order chi connectivity index (χ1) is 9.33. The fourth-order valence-corrected chi connectivity index (χ4v) is 3.28. The van der Waals surface area contributed by atoms with E-state index in [1.807, 2.05) is 12.4 Å². The predicted molar refractivity (Wildman–Crippen MR) is 80.2 cm³/mol. The Morgan fingerprint density at radius 3 is 2.89 bits per heavy atom. The second-order valence-corrected chi connectivity index (χ2v) is 5.98. The lowest BCUT2D eigenvalue weighted by Gasteiger charge is -2.37. The zero-order valence-electron chi connectivity index (χ0n) is 10.8. The standard InChI is InChI=1S/C15H18BrN3/c16-14-4-2-1-3-13(14)11-9-12(10-11)17-6-5-15-18-7-8-19-15/h1-4,7-8,11-12,17H,5-6,9-10H2,(H,18,19). The van der Waals surface area contributed by atoms with Crippen molar-refractivity contribution in [2.75, 3.05) is 6.54 Å². The molecule has 0 atom stereocenters. The van der Waals surface area contributed by atoms with Crippen molar-refractivity contribution in [2.24, 2.45) is 0 Å². The van der Waals surface area contributed by atoms with Gasteiger partial charge in [0.1, 0.15) is 5.82 Å². The maximum atomic E-state index is 4.23. The van der Waals surface area contributed by atoms with Gasteiger partial charge in [-0.25, -0.2) is 4.98 Å². The Kier molecular flexibility index (Phi) is 3.99. The number of hydrogen-bond acceptors (Lipinski definition) is 2. The van der Waals surface area contributed by atoms with Crippen LogP contribution in [0.25, 0.3) is 0 Å². The molecule has 1 saturated carbocycles. The van der Waals surface area contributed by atoms with E-state index >= 15 is 0 Å². The molecule has 2 aromatic rings. The van der Waals surface area contributed by atoms with Gasteiger partial charge >= 0.3 is 0 Å². The lowest BCUT2D eigenvalue weighted by Crippen LogP contribution is -2.41. The molecule has 1 aromatic carbocycles. The van der Waals surface area contributed by atoms with Crippen molar-refractivity contribution in [2.45, 2.75) is 31.2 Å². The van der Waals surface area contributed by atoms with Gasteiger partial charge in [-0.3, -0.25) is 0 Å². The summed E-state index contributed by atoms with van der Waals surface area (Å²) in [5, 5.41) is 3.60. The van der Waals surface area contributed by atoms with Crippen molar-refractivity contribution in [1.29, 1.82) is 0 Å². The smallest absolute Gasteiger partial charge is 0.107 e. The van der Waals surface area contributed by atoms with Crippen LogP contribution in [0.3, 0.4) is 0 Å². The van der Waals surface area contributed by atoms with E-state index in [1.165, 1.54) is 22.9 Å². The topological polar surface area (TPSA) is 40.7 Å². The number of benzene rings is 1. The molecular weight excluding hydrogens is 302 g/mol. The van der Waals surface area contributed by atoms with Crippen LogP contribution in [0.15, 0.2) is 41.1 Å². The highest BCUT2D eigenvalue weighted by molar-refractivity contribution is 9.10. The quantitative estimate of drug-likeness (QED) is 0.888. The summed E-state index contributed by atoms with van der Waals surface area (Å²) in [7, 11) is 0. The van der Waals surface area contributed by atoms with Crippen LogP contribution in [0.4, 0.5) is 0 Å². The Morgan fingerprint density at radius 1 is 1.32 bits per heavy atom. The molecule has 0 amide bonds. The Morgan fingerprint density at radius 2 is 2.16 bits per heavy atom. The first-order valence-corrected chi connectivity index (χ1v) is 7.58. The minimum atomic E-state index is 0.659. The van der Waals surface area contributed by atoms with Crippen molar-refractivity contribution < 1.29 is 0 Å². The van der Waals surface area contributed by atoms with E-state index in [-0.39, 0.29) is 0 Å². The van der Waals surface area contributed by atoms with E-state index in [0.29, 0.717) is 12.0 Å². The fourth-order valence-electron chi connectivity index (χ4n) is 2.67. The SMILES string of the molecule is Brc1ccccc1C1CC(NCCc2ncc[nH]2)C1. The molecule has 0 spiro atoms. The summed E-state index contributed by atoms with van der Waals surface area (Å²) in [5.41, 5.74) is 1.45. The third-order valence-electron chi connectivity index (χ3n) is 3.83. The van der Waals surface area contributed by atoms with Crippen LogP contribution >= 0.6 is 15.9 Å². The van der Waals surface area contributed by atoms with Crippen LogP contribution in [-0.2, 0) is 6.42 Å². The highest BCUT2D eigenvalue weighted by atomic mass is 79.9. The van der Waals surface area contributed by atoms with Crippen molar-refractivity contribution in [3.8, 4) is 0 Å². The number of nitrogens with zero attached hydrogens (tertiary/aromatic N) is 1. The molecule has 0 aliphatic heterocycles. The van der Waals surface area contributed by atoms with E-state index in [1.54, 1.807) is 0 Å². The van der Waals surface area contributed by atoms with Gasteiger partial charge in [0.05, 0.1) is 0 Å². The summed E-state index contributed by atoms with van der Waals surface area (Å²) in [6, 6.07) is 9.22. The van der Waals surface area contributed by atoms with Crippen molar-refractivity contribution in [3.05, 3.63) is 52.5 Å². The molecule has 1 fully saturated rings. The van der Waals surface area contributed by atoms with Crippen LogP contribution in [0.1, 0.15) is 30.1 Å². The van der Waals surface area contributed by atoms with Gasteiger partial charge in [0.25, 0.3) is 0 Å². The van der Waals surface area contributed by atoms with Gasteiger partial charge in [0.2, 0.25) is 0 Å². The van der Waals surface area contributed by atoms with Crippen LogP contribution in [0.2, 0.25) is 0 Å². The van der Waals surface area contributed by atoms with Crippen molar-refractivity contribution in [1.82, 2.24) is 15.3 Å². The van der Waals surface area contributed by atoms with E-state index < -0.39 is 0 Å². The molecule has 3 rings (SSSR count). The summed E-state index contributed by atoms with van der Waals surface area (Å²) in [4.78, 5) is 7.36. The first kappa shape index (κ1) is 12.9. The number of aromatic amines is 1. The van der Waals surface area contributed by atoms with E-state index in [4.69, 9.17) is 0 Å². The van der Waals surface area contributed by atoms with Crippen molar-refractivity contribution in [3.63, 3.8) is 0 Å². The Bertz CT molecular complexity index is 518. The maximum Gasteiger partial charge on any atom is 0.107 e. The molecule has 100 valence electrons. The predicted octanol–water partition coefficient (Wildman–Crippen LogP) is 3.25. The third kappa shape index (κ3) is 3.07. The number of aromatic nitrogens is 2. The lowest BCUT2D eigenvalue weighted by molar-refractivity contribution is 0.291. The Hall–Kier alpha value is -1.13. The highest BCUT2D eigenvalue weighted by Gasteiger charge is 2.30. The van der Waals surface area contributed by atoms with Gasteiger partial charge in [-0.05, 0) is 30.4 Å². The number of H-pyrrole nitrogens is 1. The summed E-state index contributed by atoms with van der Waals surface area (Å²) < 4.78 is 1.24. The summed E-state index contributed by atoms with van der Waals surface area (Å²) >= 11 is 3.64. The van der Waals surface area contributed by atoms with Gasteiger partial charge in [-0.1, -0.05) is 34.1 Å². The van der Waals surface area contributed by atoms with Gasteiger partial charge < -0.3 is 10.3 Å². The van der Waals surface area contributed by atoms with E-state index in [0.717, 1.165) is 18.8 Å². The summed E-state index contributed by atoms with van der Waals surface area (Å²) in [6.45, 7) is 1.00. The molecule has 3 nitrogen and oxygen atoms in total. The van der Waals surface area contributed by atoms with Gasteiger partial charge in [-0.2, -0.15) is 0 Å². The monoisotopic (exact) mass is 319 g/mol. The molecule has 1 aliphatic carbocycles. The third-order valence-corrected chi connectivity index (χ3v) is 4.55. The molecule has 4 heteroatoms. The van der Waals surface area contributed by atoms with Crippen LogP contribution in [0, 0.1) is 0 Å². The summed E-state index contributed by atoms with van der Waals surface area (Å²) in [6.07, 6.45) is 7.13. The number of halogens is 1. The van der Waals surface area contributed by atoms with Crippen molar-refractivity contribution >= 4 is 15.9 Å². The van der Waals surface area contributed by atoms with Crippen LogP contribution in [0.5, 0.6) is 0 Å². The molecule has 1 heterocycles. The molecule has 2 N–H and O–H groups in total. The molecule has 0 bridgehead atoms. The van der Waals surface area contributed by atoms with Gasteiger partial charge in [-0.15, -0.1) is 0 Å². The average Bonchev–Trinajstić information content (AvgIpc) is 2.87. The largest absolute Gasteiger partial charge is 0.349 e. The molecule has 1 aliphatic rings. The minimum Gasteiger partial charge on any atom is -0.349 e. The number of nitrogens with one attached hydrogen (secondary N) is 2. The molecule has 1 aromatic heterocycles. The first-order valence-electron chi connectivity index (χ1n) is 6.79. The van der Waals surface area contributed by atoms with Gasteiger partial charge in [0.15, 0.2) is 0 Å². The fraction of sp³-hybridized carbons (Fsp3) is 0.400. The molecule has 0 radical (unpaired) electrons. The zero-order chi connectivity index (χ0) is 13.1. The normalized spacial score (nSPS) is 22.2. The van der Waals surface area contributed by atoms with Crippen LogP contribution < -0.4 is 5.32 Å². The van der Waals surface area contributed by atoms with E-state index in [2.05, 4.69) is 55.5 Å². The molecular formula is C15H18BrN3. The van der Waals surface area contributed by atoms with Gasteiger partial charge in [0, 0.05) is 35.9 Å². The molecule has 19 heavy (non-hydrogen) atoms. The highest BCUT2D eigenvalue weighted by Crippen LogP contribution is 2.39. The van der Waals surface area contributed by atoms with E-state index in [9.17, 15) is 0 Å². The molecule has 0 saturated heterocycles. The lowest BCUT2D eigenvalue weighted by atomic mass is 9.76. The summed E-state index contributed by atoms with van der Waals surface area (Å²) in [5.74, 6) is 1.77. The maximum absolute atomic E-state index is 4.23. The number of imidazole rings is 1. The second-order valence-electron chi connectivity index (χ2n) is 5.13. The molecule has 0 unspecified atom stereocenters. The number of rotatable bonds is 5. The zero-order valence-corrected chi connectivity index (χ0v) is 12.4. The van der Waals surface area contributed by atoms with Crippen LogP contribution in [-0.4, -0.2) is 22.6 Å². The average molecular weight is 320 g/mol. The minimum absolute atomic E-state index is 0.659.